The number of hydrogen-bond donors (Lipinski definition) is 0. The lowest BCUT2D eigenvalue weighted by atomic mass is 9.91. The molecule has 2 unspecified atom stereocenters. The summed E-state index contributed by atoms with van der Waals surface area (Å²) in [6, 6.07) is 9.31. The minimum Gasteiger partial charge on any atom is -0.429 e. The van der Waals surface area contributed by atoms with Crippen molar-refractivity contribution in [3.05, 3.63) is 107 Å². The quantitative estimate of drug-likeness (QED) is 0.109. The van der Waals surface area contributed by atoms with Crippen molar-refractivity contribution in [2.75, 3.05) is 0 Å². The van der Waals surface area contributed by atoms with Crippen molar-refractivity contribution in [2.45, 2.75) is 43.2 Å². The first-order valence-corrected chi connectivity index (χ1v) is 14.5. The predicted octanol–water partition coefficient (Wildman–Crippen LogP) is 10.5. The van der Waals surface area contributed by atoms with E-state index in [9.17, 15) is 26.3 Å². The Morgan fingerprint density at radius 2 is 1.40 bits per heavy atom. The van der Waals surface area contributed by atoms with E-state index >= 15 is 8.78 Å². The number of aliphatic imine (C=N–C) groups is 1. The van der Waals surface area contributed by atoms with Crippen molar-refractivity contribution in [2.24, 2.45) is 10.9 Å². The fourth-order valence-corrected chi connectivity index (χ4v) is 5.55. The highest BCUT2D eigenvalue weighted by Crippen LogP contribution is 2.40. The molecule has 232 valence electrons. The van der Waals surface area contributed by atoms with Crippen LogP contribution in [0.4, 0.5) is 35.1 Å². The van der Waals surface area contributed by atoms with Gasteiger partial charge in [0.15, 0.2) is 0 Å². The SMILES string of the molecule is CCC1C=NC(c2ccc(-c3ccc(-c4cc(F)c(C(F)(F)Oc5cc(F)c(SC#N)c(F)c5)c(F)c4)c(F)c3)c(F)c2)CC1. The van der Waals surface area contributed by atoms with Crippen molar-refractivity contribution in [3.63, 3.8) is 0 Å². The summed E-state index contributed by atoms with van der Waals surface area (Å²) in [7, 11) is 0. The van der Waals surface area contributed by atoms with E-state index in [2.05, 4.69) is 16.7 Å². The molecule has 0 aromatic heterocycles. The molecule has 4 aromatic carbocycles. The van der Waals surface area contributed by atoms with Crippen LogP contribution in [0.2, 0.25) is 0 Å². The molecule has 1 heterocycles. The Morgan fingerprint density at radius 1 is 0.800 bits per heavy atom. The lowest BCUT2D eigenvalue weighted by Crippen LogP contribution is -2.25. The average molecular weight is 647 g/mol. The van der Waals surface area contributed by atoms with Crippen LogP contribution in [0.3, 0.4) is 0 Å². The van der Waals surface area contributed by atoms with Crippen LogP contribution in [-0.2, 0) is 6.11 Å². The molecule has 0 aliphatic carbocycles. The normalized spacial score (nSPS) is 16.4. The molecular weight excluding hydrogens is 624 g/mol. The molecule has 0 bridgehead atoms. The van der Waals surface area contributed by atoms with Gasteiger partial charge in [0.05, 0.1) is 10.9 Å². The van der Waals surface area contributed by atoms with Crippen LogP contribution in [0.1, 0.15) is 43.4 Å². The van der Waals surface area contributed by atoms with E-state index in [0.29, 0.717) is 35.7 Å². The fraction of sp³-hybridized carbons (Fsp3) is 0.212. The molecule has 3 nitrogen and oxygen atoms in total. The van der Waals surface area contributed by atoms with E-state index in [1.54, 1.807) is 6.07 Å². The zero-order valence-corrected chi connectivity index (χ0v) is 24.2. The highest BCUT2D eigenvalue weighted by molar-refractivity contribution is 8.03. The van der Waals surface area contributed by atoms with E-state index in [1.165, 1.54) is 23.6 Å². The molecule has 0 saturated heterocycles. The molecule has 1 aliphatic heterocycles. The highest BCUT2D eigenvalue weighted by atomic mass is 32.2. The van der Waals surface area contributed by atoms with Crippen molar-refractivity contribution < 1.29 is 39.9 Å². The standard InChI is InChI=1S/C33H22F8N2OS/c1-2-17-3-8-30(43-15-17)19-5-7-22(25(35)10-19)18-4-6-23(24(34)9-18)20-11-26(36)31(27(37)12-20)33(40,41)44-21-13-28(38)32(45-16-42)29(39)14-21/h4-7,9-15,17,30H,2-3,8H2,1H3. The minimum atomic E-state index is -4.75. The first kappa shape index (κ1) is 32.0. The van der Waals surface area contributed by atoms with E-state index in [-0.39, 0.29) is 34.5 Å². The van der Waals surface area contributed by atoms with E-state index < -0.39 is 62.8 Å². The smallest absolute Gasteiger partial charge is 0.429 e. The van der Waals surface area contributed by atoms with Gasteiger partial charge in [0.2, 0.25) is 0 Å². The summed E-state index contributed by atoms with van der Waals surface area (Å²) in [5.74, 6) is -8.78. The number of ether oxygens (including phenoxy) is 1. The Morgan fingerprint density at radius 3 is 1.96 bits per heavy atom. The van der Waals surface area contributed by atoms with Crippen LogP contribution in [0, 0.1) is 51.5 Å². The van der Waals surface area contributed by atoms with Crippen LogP contribution >= 0.6 is 11.8 Å². The molecule has 0 radical (unpaired) electrons. The summed E-state index contributed by atoms with van der Waals surface area (Å²) in [6.45, 7) is 2.07. The third-order valence-corrected chi connectivity index (χ3v) is 8.17. The molecule has 0 fully saturated rings. The van der Waals surface area contributed by atoms with E-state index in [0.717, 1.165) is 31.4 Å². The van der Waals surface area contributed by atoms with Gasteiger partial charge in [-0.25, -0.2) is 26.3 Å². The molecular formula is C33H22F8N2OS. The lowest BCUT2D eigenvalue weighted by Gasteiger charge is -2.22. The van der Waals surface area contributed by atoms with Gasteiger partial charge in [0.25, 0.3) is 0 Å². The molecule has 0 amide bonds. The van der Waals surface area contributed by atoms with Gasteiger partial charge in [-0.1, -0.05) is 31.2 Å². The monoisotopic (exact) mass is 646 g/mol. The summed E-state index contributed by atoms with van der Waals surface area (Å²) < 4.78 is 122. The topological polar surface area (TPSA) is 45.4 Å². The van der Waals surface area contributed by atoms with Crippen LogP contribution in [-0.4, -0.2) is 6.21 Å². The maximum absolute atomic E-state index is 15.2. The first-order valence-electron chi connectivity index (χ1n) is 13.7. The van der Waals surface area contributed by atoms with Crippen LogP contribution in [0.25, 0.3) is 22.3 Å². The molecule has 5 rings (SSSR count). The van der Waals surface area contributed by atoms with Gasteiger partial charge >= 0.3 is 6.11 Å². The summed E-state index contributed by atoms with van der Waals surface area (Å²) in [6.07, 6.45) is -0.181. The average Bonchev–Trinajstić information content (AvgIpc) is 2.98. The number of halogens is 8. The van der Waals surface area contributed by atoms with Gasteiger partial charge in [0, 0.05) is 29.5 Å². The summed E-state index contributed by atoms with van der Waals surface area (Å²) in [5.41, 5.74) is -1.80. The Labute approximate surface area is 257 Å². The number of alkyl halides is 2. The van der Waals surface area contributed by atoms with Crippen molar-refractivity contribution >= 4 is 18.0 Å². The lowest BCUT2D eigenvalue weighted by molar-refractivity contribution is -0.189. The third-order valence-electron chi connectivity index (χ3n) is 7.48. The summed E-state index contributed by atoms with van der Waals surface area (Å²) >= 11 is 0.102. The van der Waals surface area contributed by atoms with Crippen LogP contribution in [0.15, 0.2) is 70.6 Å². The predicted molar refractivity (Wildman–Crippen MR) is 154 cm³/mol. The zero-order chi connectivity index (χ0) is 32.5. The van der Waals surface area contributed by atoms with Crippen LogP contribution < -0.4 is 4.74 Å². The molecule has 0 spiro atoms. The number of nitrogens with zero attached hydrogens (tertiary/aromatic N) is 2. The molecule has 2 atom stereocenters. The molecule has 45 heavy (non-hydrogen) atoms. The molecule has 0 N–H and O–H groups in total. The fourth-order valence-electron chi connectivity index (χ4n) is 5.14. The highest BCUT2D eigenvalue weighted by Gasteiger charge is 2.41. The minimum absolute atomic E-state index is 0.0760. The number of thiocyanates is 1. The maximum Gasteiger partial charge on any atom is 0.432 e. The van der Waals surface area contributed by atoms with Gasteiger partial charge in [-0.15, -0.1) is 0 Å². The molecule has 4 aromatic rings. The van der Waals surface area contributed by atoms with E-state index in [1.807, 2.05) is 6.21 Å². The Balaban J connectivity index is 1.39. The number of rotatable bonds is 8. The Kier molecular flexibility index (Phi) is 9.20. The zero-order valence-electron chi connectivity index (χ0n) is 23.4. The van der Waals surface area contributed by atoms with Gasteiger partial charge in [-0.2, -0.15) is 14.0 Å². The van der Waals surface area contributed by atoms with Gasteiger partial charge in [-0.05, 0) is 77.9 Å². The number of nitriles is 1. The second kappa shape index (κ2) is 12.9. The Bertz CT molecular complexity index is 1790. The number of benzene rings is 4. The second-order valence-electron chi connectivity index (χ2n) is 10.3. The van der Waals surface area contributed by atoms with Gasteiger partial charge < -0.3 is 4.74 Å². The Hall–Kier alpha value is -4.37. The third kappa shape index (κ3) is 6.68. The first-order chi connectivity index (χ1) is 21.4. The summed E-state index contributed by atoms with van der Waals surface area (Å²) in [4.78, 5) is 3.74. The van der Waals surface area contributed by atoms with E-state index in [4.69, 9.17) is 5.26 Å². The molecule has 12 heteroatoms. The van der Waals surface area contributed by atoms with Crippen molar-refractivity contribution in [1.82, 2.24) is 0 Å². The second-order valence-corrected chi connectivity index (χ2v) is 11.1. The summed E-state index contributed by atoms with van der Waals surface area (Å²) in [5, 5.41) is 10.0. The molecule has 0 saturated carbocycles. The van der Waals surface area contributed by atoms with Crippen LogP contribution in [0.5, 0.6) is 5.75 Å². The van der Waals surface area contributed by atoms with Gasteiger partial charge in [-0.3, -0.25) is 4.99 Å². The maximum atomic E-state index is 15.2. The molecule has 1 aliphatic rings. The van der Waals surface area contributed by atoms with Crippen molar-refractivity contribution in [3.8, 4) is 33.4 Å². The number of hydrogen-bond acceptors (Lipinski definition) is 4. The largest absolute Gasteiger partial charge is 0.432 e. The number of thioether (sulfide) groups is 1. The van der Waals surface area contributed by atoms with Gasteiger partial charge in [0.1, 0.15) is 51.6 Å². The van der Waals surface area contributed by atoms with Crippen molar-refractivity contribution in [1.29, 1.82) is 5.26 Å².